The summed E-state index contributed by atoms with van der Waals surface area (Å²) in [6.45, 7) is 1.43. The highest BCUT2D eigenvalue weighted by Gasteiger charge is 2.24. The van der Waals surface area contributed by atoms with Crippen molar-refractivity contribution in [1.82, 2.24) is 0 Å². The van der Waals surface area contributed by atoms with Crippen LogP contribution in [0.5, 0.6) is 0 Å². The number of primary sulfonamides is 1. The zero-order chi connectivity index (χ0) is 19.5. The molecule has 1 atom stereocenters. The minimum atomic E-state index is -4.10. The van der Waals surface area contributed by atoms with Gasteiger partial charge in [-0.2, -0.15) is 0 Å². The predicted octanol–water partition coefficient (Wildman–Crippen LogP) is 2.20. The molecule has 0 heterocycles. The molecule has 0 saturated heterocycles. The van der Waals surface area contributed by atoms with Crippen LogP contribution in [0.25, 0.3) is 0 Å². The maximum absolute atomic E-state index is 12.4. The molecule has 0 unspecified atom stereocenters. The van der Waals surface area contributed by atoms with Crippen molar-refractivity contribution in [2.45, 2.75) is 17.9 Å². The molecule has 9 heteroatoms. The lowest BCUT2D eigenvalue weighted by Gasteiger charge is -2.21. The quantitative estimate of drug-likeness (QED) is 0.779. The normalized spacial score (nSPS) is 12.3. The largest absolute Gasteiger partial charge is 0.449 e. The van der Waals surface area contributed by atoms with Crippen LogP contribution in [-0.4, -0.2) is 33.4 Å². The molecule has 7 nitrogen and oxygen atoms in total. The van der Waals surface area contributed by atoms with Crippen LogP contribution in [0.4, 0.5) is 5.69 Å². The highest BCUT2D eigenvalue weighted by Crippen LogP contribution is 2.22. The molecule has 2 aromatic carbocycles. The van der Waals surface area contributed by atoms with Gasteiger partial charge < -0.3 is 9.64 Å². The lowest BCUT2D eigenvalue weighted by atomic mass is 10.2. The SMILES string of the molecule is C[C@@H](OC(=O)c1ccc(Cl)c(S(N)(=O)=O)c1)C(=O)N(C)c1ccccc1. The van der Waals surface area contributed by atoms with Crippen LogP contribution in [0.3, 0.4) is 0 Å². The monoisotopic (exact) mass is 396 g/mol. The van der Waals surface area contributed by atoms with E-state index in [0.29, 0.717) is 5.69 Å². The standard InChI is InChI=1S/C17H17ClN2O5S/c1-11(16(21)20(2)13-6-4-3-5-7-13)25-17(22)12-8-9-14(18)15(10-12)26(19,23)24/h3-11H,1-2H3,(H2,19,23,24)/t11-/m1/s1. The number of anilines is 1. The van der Waals surface area contributed by atoms with Crippen LogP contribution in [0.15, 0.2) is 53.4 Å². The van der Waals surface area contributed by atoms with Gasteiger partial charge in [0.15, 0.2) is 6.10 Å². The Morgan fingerprint density at radius 2 is 1.77 bits per heavy atom. The average Bonchev–Trinajstić information content (AvgIpc) is 2.60. The highest BCUT2D eigenvalue weighted by atomic mass is 35.5. The number of halogens is 1. The van der Waals surface area contributed by atoms with Crippen molar-refractivity contribution in [2.75, 3.05) is 11.9 Å². The van der Waals surface area contributed by atoms with Crippen molar-refractivity contribution in [3.05, 3.63) is 59.1 Å². The Kier molecular flexibility index (Phi) is 6.01. The smallest absolute Gasteiger partial charge is 0.338 e. The van der Waals surface area contributed by atoms with Crippen molar-refractivity contribution in [2.24, 2.45) is 5.14 Å². The van der Waals surface area contributed by atoms with Gasteiger partial charge in [-0.15, -0.1) is 0 Å². The zero-order valence-corrected chi connectivity index (χ0v) is 15.6. The first-order valence-electron chi connectivity index (χ1n) is 7.47. The molecule has 2 rings (SSSR count). The summed E-state index contributed by atoms with van der Waals surface area (Å²) in [5, 5.41) is 4.94. The van der Waals surface area contributed by atoms with Gasteiger partial charge in [0.25, 0.3) is 5.91 Å². The zero-order valence-electron chi connectivity index (χ0n) is 14.0. The summed E-state index contributed by atoms with van der Waals surface area (Å²) in [6, 6.07) is 12.4. The number of esters is 1. The van der Waals surface area contributed by atoms with Crippen LogP contribution < -0.4 is 10.0 Å². The first kappa shape index (κ1) is 19.9. The molecule has 0 saturated carbocycles. The Morgan fingerprint density at radius 3 is 2.35 bits per heavy atom. The lowest BCUT2D eigenvalue weighted by molar-refractivity contribution is -0.126. The van der Waals surface area contributed by atoms with E-state index in [9.17, 15) is 18.0 Å². The molecular weight excluding hydrogens is 380 g/mol. The van der Waals surface area contributed by atoms with Crippen molar-refractivity contribution >= 4 is 39.2 Å². The average molecular weight is 397 g/mol. The topological polar surface area (TPSA) is 107 Å². The number of sulfonamides is 1. The van der Waals surface area contributed by atoms with Gasteiger partial charge in [-0.1, -0.05) is 29.8 Å². The Morgan fingerprint density at radius 1 is 1.15 bits per heavy atom. The van der Waals surface area contributed by atoms with Crippen LogP contribution in [0.1, 0.15) is 17.3 Å². The number of carbonyl (C=O) groups excluding carboxylic acids is 2. The van der Waals surface area contributed by atoms with E-state index in [-0.39, 0.29) is 10.6 Å². The summed E-state index contributed by atoms with van der Waals surface area (Å²) in [7, 11) is -2.54. The maximum atomic E-state index is 12.4. The number of para-hydroxylation sites is 1. The van der Waals surface area contributed by atoms with E-state index < -0.39 is 32.9 Å². The number of rotatable bonds is 5. The molecule has 0 radical (unpaired) electrons. The summed E-state index contributed by atoms with van der Waals surface area (Å²) >= 11 is 5.78. The van der Waals surface area contributed by atoms with E-state index in [1.165, 1.54) is 24.0 Å². The van der Waals surface area contributed by atoms with Crippen LogP contribution in [0.2, 0.25) is 5.02 Å². The minimum absolute atomic E-state index is 0.0829. The minimum Gasteiger partial charge on any atom is -0.449 e. The van der Waals surface area contributed by atoms with Gasteiger partial charge in [0.05, 0.1) is 10.6 Å². The molecule has 0 fully saturated rings. The van der Waals surface area contributed by atoms with Crippen molar-refractivity contribution in [1.29, 1.82) is 0 Å². The van der Waals surface area contributed by atoms with Gasteiger partial charge in [0.1, 0.15) is 4.90 Å². The number of likely N-dealkylation sites (N-methyl/N-ethyl adjacent to an activating group) is 1. The molecule has 1 amide bonds. The van der Waals surface area contributed by atoms with Crippen molar-refractivity contribution < 1.29 is 22.7 Å². The molecule has 0 aliphatic carbocycles. The number of hydrogen-bond acceptors (Lipinski definition) is 5. The third-order valence-electron chi connectivity index (χ3n) is 3.58. The first-order valence-corrected chi connectivity index (χ1v) is 9.39. The summed E-state index contributed by atoms with van der Waals surface area (Å²) in [6.07, 6.45) is -1.08. The third kappa shape index (κ3) is 4.60. The Bertz CT molecular complexity index is 931. The van der Waals surface area contributed by atoms with Gasteiger partial charge in [0.2, 0.25) is 10.0 Å². The Labute approximate surface area is 156 Å². The summed E-state index contributed by atoms with van der Waals surface area (Å²) in [5.74, 6) is -1.31. The second-order valence-corrected chi connectivity index (χ2v) is 7.41. The predicted molar refractivity (Wildman–Crippen MR) is 97.6 cm³/mol. The number of amides is 1. The van der Waals surface area contributed by atoms with Crippen molar-refractivity contribution in [3.8, 4) is 0 Å². The van der Waals surface area contributed by atoms with Crippen LogP contribution in [-0.2, 0) is 19.6 Å². The van der Waals surface area contributed by atoms with Gasteiger partial charge in [-0.3, -0.25) is 4.79 Å². The molecule has 138 valence electrons. The molecule has 0 aliphatic heterocycles. The molecule has 2 aromatic rings. The van der Waals surface area contributed by atoms with E-state index in [2.05, 4.69) is 0 Å². The van der Waals surface area contributed by atoms with Crippen molar-refractivity contribution in [3.63, 3.8) is 0 Å². The van der Waals surface area contributed by atoms with E-state index in [1.807, 2.05) is 6.07 Å². The molecule has 0 bridgehead atoms. The van der Waals surface area contributed by atoms with E-state index in [0.717, 1.165) is 6.07 Å². The molecule has 0 spiro atoms. The molecule has 26 heavy (non-hydrogen) atoms. The number of hydrogen-bond donors (Lipinski definition) is 1. The molecule has 2 N–H and O–H groups in total. The number of carbonyl (C=O) groups is 2. The van der Waals surface area contributed by atoms with Gasteiger partial charge >= 0.3 is 5.97 Å². The fraction of sp³-hybridized carbons (Fsp3) is 0.176. The maximum Gasteiger partial charge on any atom is 0.338 e. The second-order valence-electron chi connectivity index (χ2n) is 5.47. The van der Waals surface area contributed by atoms with Crippen LogP contribution >= 0.6 is 11.6 Å². The Balaban J connectivity index is 2.15. The summed E-state index contributed by atoms with van der Waals surface area (Å²) in [5.41, 5.74) is 0.559. The number of benzene rings is 2. The van der Waals surface area contributed by atoms with E-state index >= 15 is 0 Å². The molecular formula is C17H17ClN2O5S. The number of nitrogens with zero attached hydrogens (tertiary/aromatic N) is 1. The van der Waals surface area contributed by atoms with Gasteiger partial charge in [0, 0.05) is 12.7 Å². The van der Waals surface area contributed by atoms with Gasteiger partial charge in [-0.05, 0) is 37.3 Å². The second kappa shape index (κ2) is 7.86. The fourth-order valence-corrected chi connectivity index (χ4v) is 3.25. The lowest BCUT2D eigenvalue weighted by Crippen LogP contribution is -2.37. The molecule has 0 aliphatic rings. The highest BCUT2D eigenvalue weighted by molar-refractivity contribution is 7.89. The number of nitrogens with two attached hydrogens (primary N) is 1. The fourth-order valence-electron chi connectivity index (χ4n) is 2.18. The van der Waals surface area contributed by atoms with E-state index in [1.54, 1.807) is 31.3 Å². The summed E-state index contributed by atoms with van der Waals surface area (Å²) < 4.78 is 28.1. The van der Waals surface area contributed by atoms with Gasteiger partial charge in [-0.25, -0.2) is 18.4 Å². The van der Waals surface area contributed by atoms with E-state index in [4.69, 9.17) is 21.5 Å². The first-order chi connectivity index (χ1) is 12.1. The third-order valence-corrected chi connectivity index (χ3v) is 4.97. The van der Waals surface area contributed by atoms with Crippen LogP contribution in [0, 0.1) is 0 Å². The number of ether oxygens (including phenoxy) is 1. The molecule has 0 aromatic heterocycles. The Hall–Kier alpha value is -2.42. The summed E-state index contributed by atoms with van der Waals surface area (Å²) in [4.78, 5) is 25.6.